The highest BCUT2D eigenvalue weighted by molar-refractivity contribution is 7.90. The number of ether oxygens (including phenoxy) is 1. The Balaban J connectivity index is 1.93. The van der Waals surface area contributed by atoms with Gasteiger partial charge in [0, 0.05) is 45.5 Å². The van der Waals surface area contributed by atoms with E-state index in [-0.39, 0.29) is 0 Å². The number of nitrogens with zero attached hydrogens (tertiary/aromatic N) is 2. The van der Waals surface area contributed by atoms with Gasteiger partial charge in [-0.25, -0.2) is 8.42 Å². The van der Waals surface area contributed by atoms with Crippen molar-refractivity contribution in [3.8, 4) is 0 Å². The summed E-state index contributed by atoms with van der Waals surface area (Å²) in [4.78, 5) is 7.38. The Morgan fingerprint density at radius 2 is 2.08 bits per heavy atom. The fraction of sp³-hybridized carbons (Fsp3) is 0.611. The highest BCUT2D eigenvalue weighted by atomic mass is 32.2. The molecule has 0 spiro atoms. The summed E-state index contributed by atoms with van der Waals surface area (Å²) in [5.74, 6) is 1.52. The fourth-order valence-electron chi connectivity index (χ4n) is 3.02. The molecule has 1 aliphatic heterocycles. The molecule has 1 heterocycles. The van der Waals surface area contributed by atoms with Crippen LogP contribution in [0.2, 0.25) is 0 Å². The van der Waals surface area contributed by atoms with Crippen LogP contribution in [0, 0.1) is 5.92 Å². The van der Waals surface area contributed by atoms with Gasteiger partial charge in [0.25, 0.3) is 0 Å². The first-order valence-corrected chi connectivity index (χ1v) is 10.6. The molecule has 1 aliphatic rings. The van der Waals surface area contributed by atoms with E-state index in [1.54, 1.807) is 19.2 Å². The smallest absolute Gasteiger partial charge is 0.193 e. The summed E-state index contributed by atoms with van der Waals surface area (Å²) in [5, 5.41) is 3.36. The largest absolute Gasteiger partial charge is 0.384 e. The molecule has 1 atom stereocenters. The Morgan fingerprint density at radius 1 is 1.36 bits per heavy atom. The summed E-state index contributed by atoms with van der Waals surface area (Å²) < 4.78 is 28.2. The van der Waals surface area contributed by atoms with Crippen molar-refractivity contribution < 1.29 is 13.2 Å². The third-order valence-corrected chi connectivity index (χ3v) is 5.46. The molecule has 7 heteroatoms. The predicted molar refractivity (Wildman–Crippen MR) is 101 cm³/mol. The molecule has 2 rings (SSSR count). The maximum absolute atomic E-state index is 11.5. The van der Waals surface area contributed by atoms with E-state index in [0.717, 1.165) is 50.6 Å². The van der Waals surface area contributed by atoms with Crippen molar-refractivity contribution in [2.24, 2.45) is 10.9 Å². The van der Waals surface area contributed by atoms with Crippen LogP contribution in [0.3, 0.4) is 0 Å². The van der Waals surface area contributed by atoms with Gasteiger partial charge in [-0.2, -0.15) is 0 Å². The first kappa shape index (κ1) is 19.7. The van der Waals surface area contributed by atoms with Gasteiger partial charge >= 0.3 is 0 Å². The molecule has 1 aromatic rings. The number of hydrogen-bond acceptors (Lipinski definition) is 4. The first-order valence-electron chi connectivity index (χ1n) is 8.75. The zero-order valence-corrected chi connectivity index (χ0v) is 16.2. The molecular formula is C18H29N3O3S. The van der Waals surface area contributed by atoms with Gasteiger partial charge in [-0.15, -0.1) is 0 Å². The SMILES string of the molecule is CCNC(=NCCc1ccc(S(C)(=O)=O)cc1)N1CCC(COC)C1. The van der Waals surface area contributed by atoms with Crippen molar-refractivity contribution in [2.75, 3.05) is 46.2 Å². The molecule has 1 aromatic carbocycles. The normalized spacial score (nSPS) is 18.6. The number of rotatable bonds is 7. The number of benzene rings is 1. The number of methoxy groups -OCH3 is 1. The van der Waals surface area contributed by atoms with Gasteiger partial charge in [-0.05, 0) is 37.5 Å². The summed E-state index contributed by atoms with van der Waals surface area (Å²) >= 11 is 0. The predicted octanol–water partition coefficient (Wildman–Crippen LogP) is 1.57. The van der Waals surface area contributed by atoms with E-state index in [0.29, 0.717) is 17.4 Å². The number of guanidine groups is 1. The van der Waals surface area contributed by atoms with Gasteiger partial charge in [-0.3, -0.25) is 4.99 Å². The second kappa shape index (κ2) is 9.20. The first-order chi connectivity index (χ1) is 11.9. The Morgan fingerprint density at radius 3 is 2.68 bits per heavy atom. The van der Waals surface area contributed by atoms with Crippen LogP contribution in [-0.4, -0.2) is 65.4 Å². The van der Waals surface area contributed by atoms with Crippen molar-refractivity contribution in [3.63, 3.8) is 0 Å². The summed E-state index contributed by atoms with van der Waals surface area (Å²) in [6, 6.07) is 7.05. The third-order valence-electron chi connectivity index (χ3n) is 4.34. The van der Waals surface area contributed by atoms with Crippen LogP contribution < -0.4 is 5.32 Å². The fourth-order valence-corrected chi connectivity index (χ4v) is 3.65. The molecule has 1 unspecified atom stereocenters. The van der Waals surface area contributed by atoms with Crippen LogP contribution in [0.5, 0.6) is 0 Å². The molecule has 0 saturated carbocycles. The summed E-state index contributed by atoms with van der Waals surface area (Å²) in [6.07, 6.45) is 3.14. The number of nitrogens with one attached hydrogen (secondary N) is 1. The monoisotopic (exact) mass is 367 g/mol. The van der Waals surface area contributed by atoms with Crippen molar-refractivity contribution in [3.05, 3.63) is 29.8 Å². The molecule has 0 aliphatic carbocycles. The minimum Gasteiger partial charge on any atom is -0.384 e. The Labute approximate surface area is 151 Å². The average molecular weight is 368 g/mol. The lowest BCUT2D eigenvalue weighted by molar-refractivity contribution is 0.157. The van der Waals surface area contributed by atoms with Gasteiger partial charge in [0.2, 0.25) is 0 Å². The van der Waals surface area contributed by atoms with Crippen LogP contribution in [0.1, 0.15) is 18.9 Å². The minimum atomic E-state index is -3.14. The standard InChI is InChI=1S/C18H29N3O3S/c1-4-19-18(21-12-10-16(13-21)14-24-2)20-11-9-15-5-7-17(8-6-15)25(3,22)23/h5-8,16H,4,9-14H2,1-3H3,(H,19,20). The van der Waals surface area contributed by atoms with E-state index < -0.39 is 9.84 Å². The number of hydrogen-bond donors (Lipinski definition) is 1. The lowest BCUT2D eigenvalue weighted by atomic mass is 10.1. The molecule has 0 aromatic heterocycles. The zero-order valence-electron chi connectivity index (χ0n) is 15.4. The quantitative estimate of drug-likeness (QED) is 0.585. The van der Waals surface area contributed by atoms with E-state index in [1.807, 2.05) is 12.1 Å². The van der Waals surface area contributed by atoms with Crippen LogP contribution in [0.25, 0.3) is 0 Å². The van der Waals surface area contributed by atoms with Crippen molar-refractivity contribution in [2.45, 2.75) is 24.7 Å². The van der Waals surface area contributed by atoms with E-state index in [9.17, 15) is 8.42 Å². The van der Waals surface area contributed by atoms with Gasteiger partial charge in [0.1, 0.15) is 0 Å². The van der Waals surface area contributed by atoms with E-state index in [2.05, 4.69) is 17.1 Å². The van der Waals surface area contributed by atoms with E-state index in [1.165, 1.54) is 6.26 Å². The second-order valence-electron chi connectivity index (χ2n) is 6.46. The maximum Gasteiger partial charge on any atom is 0.193 e. The highest BCUT2D eigenvalue weighted by Crippen LogP contribution is 2.16. The summed E-state index contributed by atoms with van der Waals surface area (Å²) in [5.41, 5.74) is 1.09. The molecule has 6 nitrogen and oxygen atoms in total. The topological polar surface area (TPSA) is 71.0 Å². The number of likely N-dealkylation sites (tertiary alicyclic amines) is 1. The zero-order chi connectivity index (χ0) is 18.3. The third kappa shape index (κ3) is 6.01. The molecule has 1 saturated heterocycles. The molecule has 0 radical (unpaired) electrons. The molecule has 0 bridgehead atoms. The summed E-state index contributed by atoms with van der Waals surface area (Å²) in [6.45, 7) is 6.36. The molecule has 140 valence electrons. The molecular weight excluding hydrogens is 338 g/mol. The number of aliphatic imine (C=N–C) groups is 1. The molecule has 1 N–H and O–H groups in total. The maximum atomic E-state index is 11.5. The van der Waals surface area contributed by atoms with Crippen LogP contribution in [0.15, 0.2) is 34.2 Å². The van der Waals surface area contributed by atoms with Crippen LogP contribution >= 0.6 is 0 Å². The molecule has 1 fully saturated rings. The van der Waals surface area contributed by atoms with Crippen LogP contribution in [0.4, 0.5) is 0 Å². The highest BCUT2D eigenvalue weighted by Gasteiger charge is 2.24. The van der Waals surface area contributed by atoms with Gasteiger partial charge in [-0.1, -0.05) is 12.1 Å². The molecule has 0 amide bonds. The Bertz CT molecular complexity index is 671. The van der Waals surface area contributed by atoms with E-state index >= 15 is 0 Å². The minimum absolute atomic E-state index is 0.356. The lowest BCUT2D eigenvalue weighted by Crippen LogP contribution is -2.40. The second-order valence-corrected chi connectivity index (χ2v) is 8.47. The van der Waals surface area contributed by atoms with Gasteiger partial charge < -0.3 is 15.0 Å². The van der Waals surface area contributed by atoms with Crippen molar-refractivity contribution >= 4 is 15.8 Å². The van der Waals surface area contributed by atoms with E-state index in [4.69, 9.17) is 9.73 Å². The number of sulfone groups is 1. The average Bonchev–Trinajstić information content (AvgIpc) is 3.02. The van der Waals surface area contributed by atoms with Gasteiger partial charge in [0.05, 0.1) is 11.5 Å². The van der Waals surface area contributed by atoms with Crippen LogP contribution in [-0.2, 0) is 21.0 Å². The lowest BCUT2D eigenvalue weighted by Gasteiger charge is -2.21. The van der Waals surface area contributed by atoms with Crippen molar-refractivity contribution in [1.29, 1.82) is 0 Å². The molecule has 25 heavy (non-hydrogen) atoms. The Kier molecular flexibility index (Phi) is 7.25. The van der Waals surface area contributed by atoms with Gasteiger partial charge in [0.15, 0.2) is 15.8 Å². The Hall–Kier alpha value is -1.60. The van der Waals surface area contributed by atoms with Crippen molar-refractivity contribution in [1.82, 2.24) is 10.2 Å². The summed E-state index contributed by atoms with van der Waals surface area (Å²) in [7, 11) is -1.39.